The predicted octanol–water partition coefficient (Wildman–Crippen LogP) is 7.53. The van der Waals surface area contributed by atoms with Crippen molar-refractivity contribution >= 4 is 50.1 Å². The van der Waals surface area contributed by atoms with E-state index < -0.39 is 21.6 Å². The second-order valence-corrected chi connectivity index (χ2v) is 9.46. The van der Waals surface area contributed by atoms with E-state index in [0.29, 0.717) is 5.69 Å². The normalized spacial score (nSPS) is 10.4. The van der Waals surface area contributed by atoms with Crippen molar-refractivity contribution in [1.29, 1.82) is 0 Å². The Morgan fingerprint density at radius 1 is 0.868 bits per heavy atom. The van der Waals surface area contributed by atoms with E-state index in [4.69, 9.17) is 18.1 Å². The van der Waals surface area contributed by atoms with Crippen LogP contribution in [-0.4, -0.2) is 29.6 Å². The van der Waals surface area contributed by atoms with Gasteiger partial charge in [0.25, 0.3) is 0 Å². The summed E-state index contributed by atoms with van der Waals surface area (Å²) >= 11 is 2.34. The number of rotatable bonds is 4. The van der Waals surface area contributed by atoms with Crippen LogP contribution in [0.1, 0.15) is 10.4 Å². The van der Waals surface area contributed by atoms with Crippen molar-refractivity contribution < 1.29 is 56.5 Å². The molecule has 204 valence electrons. The number of carboxylic acids is 1. The molecule has 0 radical (unpaired) electrons. The predicted molar refractivity (Wildman–Crippen MR) is 142 cm³/mol. The maximum atomic E-state index is 11.0. The first-order valence-corrected chi connectivity index (χ1v) is 12.7. The molecule has 6 nitrogen and oxygen atoms in total. The monoisotopic (exact) mass is 746 g/mol. The van der Waals surface area contributed by atoms with Crippen LogP contribution in [0.2, 0.25) is 0 Å². The molecular formula is C26H18F3INO5PdS-3. The van der Waals surface area contributed by atoms with Gasteiger partial charge >= 0.3 is 11.5 Å². The molecule has 0 fully saturated rings. The molecule has 1 N–H and O–H groups in total. The van der Waals surface area contributed by atoms with Gasteiger partial charge in [-0.15, -0.1) is 47.3 Å². The third-order valence-electron chi connectivity index (χ3n) is 4.30. The van der Waals surface area contributed by atoms with Gasteiger partial charge in [0.2, 0.25) is 0 Å². The molecule has 0 saturated carbocycles. The van der Waals surface area contributed by atoms with Gasteiger partial charge in [-0.3, -0.25) is 0 Å². The SMILES string of the molecule is Ic1ccccc1-c1[c-]cccc1.O=C(O)c1ccccc1[N-]c1ccccc1.O=S(=O)([O-])C(F)(F)F.[Pd]. The Hall–Kier alpha value is -2.76. The summed E-state index contributed by atoms with van der Waals surface area (Å²) in [7, 11) is -6.09. The van der Waals surface area contributed by atoms with Crippen molar-refractivity contribution in [3.8, 4) is 11.1 Å². The Labute approximate surface area is 245 Å². The minimum absolute atomic E-state index is 0. The zero-order valence-electron chi connectivity index (χ0n) is 19.1. The molecule has 4 rings (SSSR count). The van der Waals surface area contributed by atoms with E-state index in [2.05, 4.69) is 58.2 Å². The summed E-state index contributed by atoms with van der Waals surface area (Å²) < 4.78 is 60.2. The van der Waals surface area contributed by atoms with Crippen LogP contribution in [0.15, 0.2) is 103 Å². The smallest absolute Gasteiger partial charge is 0.485 e. The zero-order chi connectivity index (χ0) is 27.5. The average molecular weight is 747 g/mol. The largest absolute Gasteiger partial charge is 0.741 e. The van der Waals surface area contributed by atoms with Gasteiger partial charge < -0.3 is 15.0 Å². The van der Waals surface area contributed by atoms with Gasteiger partial charge in [-0.05, 0) is 9.64 Å². The third-order valence-corrected chi connectivity index (χ3v) is 5.80. The Morgan fingerprint density at radius 3 is 1.92 bits per heavy atom. The standard InChI is InChI=1S/C13H10NO2.C12H8I.CHF3O3S.Pd/c15-13(16)11-8-4-5-9-12(11)14-10-6-2-1-3-7-10;13-12-9-5-4-8-11(12)10-6-2-1-3-7-10;2-1(3,4)8(5,6)7;/h1-9H,(H,15,16);1-6,8-9H;(H,5,6,7);/q2*-1;;/p-1. The van der Waals surface area contributed by atoms with E-state index in [0.717, 1.165) is 11.3 Å². The number of halogens is 4. The topological polar surface area (TPSA) is 109 Å². The van der Waals surface area contributed by atoms with Crippen LogP contribution in [0.4, 0.5) is 24.5 Å². The number of aromatic carboxylic acids is 1. The van der Waals surface area contributed by atoms with Gasteiger partial charge in [-0.1, -0.05) is 101 Å². The summed E-state index contributed by atoms with van der Waals surface area (Å²) in [5.41, 5.74) is -1.80. The second kappa shape index (κ2) is 15.6. The first-order chi connectivity index (χ1) is 17.4. The minimum atomic E-state index is -6.09. The second-order valence-electron chi connectivity index (χ2n) is 6.93. The van der Waals surface area contributed by atoms with Gasteiger partial charge in [0.05, 0.1) is 0 Å². The summed E-state index contributed by atoms with van der Waals surface area (Å²) in [6.45, 7) is 0. The van der Waals surface area contributed by atoms with Crippen molar-refractivity contribution in [2.45, 2.75) is 5.51 Å². The Kier molecular flexibility index (Phi) is 13.7. The fraction of sp³-hybridized carbons (Fsp3) is 0.0385. The van der Waals surface area contributed by atoms with Gasteiger partial charge in [0, 0.05) is 26.0 Å². The van der Waals surface area contributed by atoms with Gasteiger partial charge in [0.1, 0.15) is 0 Å². The zero-order valence-corrected chi connectivity index (χ0v) is 23.6. The van der Waals surface area contributed by atoms with Crippen LogP contribution < -0.4 is 0 Å². The Bertz CT molecular complexity index is 1410. The van der Waals surface area contributed by atoms with E-state index in [-0.39, 0.29) is 26.0 Å². The molecule has 0 aliphatic carbocycles. The summed E-state index contributed by atoms with van der Waals surface area (Å²) in [6, 6.07) is 35.6. The minimum Gasteiger partial charge on any atom is -0.741 e. The van der Waals surface area contributed by atoms with Crippen LogP contribution in [0.5, 0.6) is 0 Å². The summed E-state index contributed by atoms with van der Waals surface area (Å²) in [5.74, 6) is -0.963. The molecule has 38 heavy (non-hydrogen) atoms. The van der Waals surface area contributed by atoms with E-state index in [1.165, 1.54) is 9.13 Å². The molecular weight excluding hydrogens is 729 g/mol. The van der Waals surface area contributed by atoms with Crippen LogP contribution in [0.25, 0.3) is 16.4 Å². The van der Waals surface area contributed by atoms with Gasteiger partial charge in [-0.25, -0.2) is 13.2 Å². The van der Waals surface area contributed by atoms with Crippen molar-refractivity contribution in [3.63, 3.8) is 0 Å². The number of hydrogen-bond acceptors (Lipinski definition) is 4. The number of alkyl halides is 3. The van der Waals surface area contributed by atoms with Crippen molar-refractivity contribution in [1.82, 2.24) is 0 Å². The molecule has 0 aliphatic rings. The van der Waals surface area contributed by atoms with Crippen LogP contribution in [0, 0.1) is 9.64 Å². The van der Waals surface area contributed by atoms with Crippen LogP contribution in [0.3, 0.4) is 0 Å². The number of nitrogens with zero attached hydrogens (tertiary/aromatic N) is 1. The molecule has 0 unspecified atom stereocenters. The van der Waals surface area contributed by atoms with E-state index in [9.17, 15) is 18.0 Å². The quantitative estimate of drug-likeness (QED) is 0.0764. The number of hydrogen-bond donors (Lipinski definition) is 1. The number of carbonyl (C=O) groups is 1. The summed E-state index contributed by atoms with van der Waals surface area (Å²) in [5, 5.41) is 13.3. The Balaban J connectivity index is 0.000000298. The van der Waals surface area contributed by atoms with Gasteiger partial charge in [0.15, 0.2) is 10.1 Å². The van der Waals surface area contributed by atoms with Crippen molar-refractivity contribution in [3.05, 3.63) is 124 Å². The molecule has 0 amide bonds. The fourth-order valence-corrected chi connectivity index (χ4v) is 3.31. The maximum Gasteiger partial charge on any atom is 0.485 e. The molecule has 12 heteroatoms. The summed E-state index contributed by atoms with van der Waals surface area (Å²) in [6.07, 6.45) is 0. The van der Waals surface area contributed by atoms with Crippen LogP contribution in [-0.2, 0) is 30.5 Å². The number of para-hydroxylation sites is 2. The first-order valence-electron chi connectivity index (χ1n) is 10.2. The number of carboxylic acid groups (broad SMARTS) is 1. The first kappa shape index (κ1) is 33.3. The van der Waals surface area contributed by atoms with E-state index >= 15 is 0 Å². The molecule has 0 atom stereocenters. The maximum absolute atomic E-state index is 11.0. The molecule has 4 aromatic carbocycles. The van der Waals surface area contributed by atoms with Crippen molar-refractivity contribution in [2.24, 2.45) is 0 Å². The molecule has 4 aromatic rings. The van der Waals surface area contributed by atoms with Crippen LogP contribution >= 0.6 is 22.6 Å². The average Bonchev–Trinajstić information content (AvgIpc) is 2.85. The number of benzene rings is 4. The molecule has 0 aromatic heterocycles. The fourth-order valence-electron chi connectivity index (χ4n) is 2.63. The molecule has 0 saturated heterocycles. The van der Waals surface area contributed by atoms with Gasteiger partial charge in [-0.2, -0.15) is 13.2 Å². The Morgan fingerprint density at radius 2 is 1.39 bits per heavy atom. The molecule has 0 aliphatic heterocycles. The third kappa shape index (κ3) is 10.9. The molecule has 0 spiro atoms. The van der Waals surface area contributed by atoms with E-state index in [1.54, 1.807) is 24.3 Å². The van der Waals surface area contributed by atoms with E-state index in [1.807, 2.05) is 54.6 Å². The molecule has 0 heterocycles. The summed E-state index contributed by atoms with van der Waals surface area (Å²) in [4.78, 5) is 11.0. The molecule has 0 bridgehead atoms. The van der Waals surface area contributed by atoms with Crippen molar-refractivity contribution in [2.75, 3.05) is 0 Å².